The molecule has 0 heterocycles. The van der Waals surface area contributed by atoms with Crippen molar-refractivity contribution in [2.45, 2.75) is 95.9 Å². The second kappa shape index (κ2) is 11.7. The van der Waals surface area contributed by atoms with Crippen LogP contribution in [-0.4, -0.2) is 13.1 Å². The van der Waals surface area contributed by atoms with E-state index < -0.39 is 23.3 Å². The van der Waals surface area contributed by atoms with Gasteiger partial charge >= 0.3 is 0 Å². The van der Waals surface area contributed by atoms with Crippen molar-refractivity contribution in [3.05, 3.63) is 69.8 Å². The Morgan fingerprint density at radius 1 is 0.757 bits per heavy atom. The van der Waals surface area contributed by atoms with Crippen molar-refractivity contribution in [1.82, 2.24) is 5.32 Å². The molecule has 0 bridgehead atoms. The van der Waals surface area contributed by atoms with E-state index >= 15 is 17.6 Å². The summed E-state index contributed by atoms with van der Waals surface area (Å²) in [7, 11) is 1.98. The lowest BCUT2D eigenvalue weighted by atomic mass is 9.82. The summed E-state index contributed by atoms with van der Waals surface area (Å²) in [5.74, 6) is -2.81. The van der Waals surface area contributed by atoms with Gasteiger partial charge in [-0.15, -0.1) is 0 Å². The molecule has 37 heavy (non-hydrogen) atoms. The molecule has 2 saturated carbocycles. The first-order chi connectivity index (χ1) is 18.0. The third-order valence-corrected chi connectivity index (χ3v) is 9.07. The van der Waals surface area contributed by atoms with E-state index in [1.165, 1.54) is 32.1 Å². The minimum atomic E-state index is -1.05. The molecule has 2 aromatic carbocycles. The average Bonchev–Trinajstić information content (AvgIpc) is 3.29. The lowest BCUT2D eigenvalue weighted by Crippen LogP contribution is -2.30. The van der Waals surface area contributed by atoms with Crippen molar-refractivity contribution >= 4 is 0 Å². The maximum Gasteiger partial charge on any atom is 0.167 e. The molecule has 5 rings (SSSR count). The van der Waals surface area contributed by atoms with Crippen LogP contribution in [0.4, 0.5) is 17.6 Å². The number of benzene rings is 2. The molecule has 2 fully saturated rings. The fourth-order valence-electron chi connectivity index (χ4n) is 6.82. The average molecular weight is 514 g/mol. The highest BCUT2D eigenvalue weighted by molar-refractivity contribution is 5.79. The number of rotatable bonds is 8. The molecule has 2 aromatic rings. The van der Waals surface area contributed by atoms with Gasteiger partial charge in [0.2, 0.25) is 0 Å². The zero-order valence-electron chi connectivity index (χ0n) is 22.0. The Kier molecular flexibility index (Phi) is 8.38. The number of hydrogen-bond acceptors (Lipinski definition) is 1. The van der Waals surface area contributed by atoms with E-state index in [0.717, 1.165) is 32.1 Å². The van der Waals surface area contributed by atoms with Crippen molar-refractivity contribution in [2.24, 2.45) is 11.8 Å². The molecular weight excluding hydrogens is 474 g/mol. The molecule has 1 N–H and O–H groups in total. The lowest BCUT2D eigenvalue weighted by Gasteiger charge is -2.28. The zero-order valence-corrected chi connectivity index (χ0v) is 22.0. The van der Waals surface area contributed by atoms with Gasteiger partial charge in [-0.05, 0) is 112 Å². The monoisotopic (exact) mass is 513 g/mol. The van der Waals surface area contributed by atoms with Crippen LogP contribution in [0.5, 0.6) is 0 Å². The fourth-order valence-corrected chi connectivity index (χ4v) is 6.82. The van der Waals surface area contributed by atoms with Gasteiger partial charge < -0.3 is 5.32 Å². The first-order valence-corrected chi connectivity index (χ1v) is 14.3. The normalized spacial score (nSPS) is 22.0. The van der Waals surface area contributed by atoms with Gasteiger partial charge in [-0.1, -0.05) is 43.5 Å². The van der Waals surface area contributed by atoms with Gasteiger partial charge in [0.25, 0.3) is 0 Å². The van der Waals surface area contributed by atoms with Gasteiger partial charge in [-0.3, -0.25) is 0 Å². The Labute approximate surface area is 218 Å². The molecular formula is C32H39F4N. The Morgan fingerprint density at radius 2 is 1.35 bits per heavy atom. The minimum Gasteiger partial charge on any atom is -0.317 e. The maximum absolute atomic E-state index is 15.3. The van der Waals surface area contributed by atoms with Gasteiger partial charge in [0, 0.05) is 17.2 Å². The molecule has 3 aliphatic rings. The summed E-state index contributed by atoms with van der Waals surface area (Å²) in [5.41, 5.74) is 1.61. The first kappa shape index (κ1) is 26.5. The molecule has 0 unspecified atom stereocenters. The molecule has 5 heteroatoms. The molecule has 1 nitrogen and oxygen atoms in total. The van der Waals surface area contributed by atoms with Crippen LogP contribution in [0.25, 0.3) is 11.1 Å². The summed E-state index contributed by atoms with van der Waals surface area (Å²) in [4.78, 5) is 0. The number of aryl methyl sites for hydroxylation is 2. The van der Waals surface area contributed by atoms with E-state index in [1.807, 2.05) is 7.05 Å². The summed E-state index contributed by atoms with van der Waals surface area (Å²) >= 11 is 0. The van der Waals surface area contributed by atoms with Crippen LogP contribution < -0.4 is 5.32 Å². The molecule has 0 aliphatic heterocycles. The second-order valence-corrected chi connectivity index (χ2v) is 11.5. The lowest BCUT2D eigenvalue weighted by molar-refractivity contribution is 0.288. The molecule has 0 spiro atoms. The van der Waals surface area contributed by atoms with Gasteiger partial charge in [0.1, 0.15) is 0 Å². The fraction of sp³-hybridized carbons (Fsp3) is 0.562. The Hall–Kier alpha value is -2.14. The summed E-state index contributed by atoms with van der Waals surface area (Å²) in [6, 6.07) is 3.91. The summed E-state index contributed by atoms with van der Waals surface area (Å²) in [6.07, 6.45) is 17.6. The van der Waals surface area contributed by atoms with Gasteiger partial charge in [-0.25, -0.2) is 17.6 Å². The number of hydrogen-bond donors (Lipinski definition) is 1. The summed E-state index contributed by atoms with van der Waals surface area (Å²) in [6.45, 7) is 0. The van der Waals surface area contributed by atoms with Crippen LogP contribution in [0.3, 0.4) is 0 Å². The SMILES string of the molecule is CNC1CCC(CCc2cc3c(c(F)c2F)-c2c(cc(CC/C=C/C4CCCCC4)c(F)c2F)C3)CC1. The van der Waals surface area contributed by atoms with Crippen LogP contribution in [0.1, 0.15) is 92.9 Å². The predicted octanol–water partition coefficient (Wildman–Crippen LogP) is 8.59. The molecule has 3 aliphatic carbocycles. The Bertz CT molecular complexity index is 1140. The van der Waals surface area contributed by atoms with Crippen molar-refractivity contribution in [2.75, 3.05) is 7.05 Å². The Balaban J connectivity index is 1.29. The topological polar surface area (TPSA) is 12.0 Å². The van der Waals surface area contributed by atoms with Gasteiger partial charge in [0.15, 0.2) is 23.3 Å². The maximum atomic E-state index is 15.3. The first-order valence-electron chi connectivity index (χ1n) is 14.3. The highest BCUT2D eigenvalue weighted by Gasteiger charge is 2.32. The van der Waals surface area contributed by atoms with E-state index in [9.17, 15) is 0 Å². The zero-order chi connectivity index (χ0) is 25.9. The summed E-state index contributed by atoms with van der Waals surface area (Å²) in [5, 5.41) is 3.32. The van der Waals surface area contributed by atoms with E-state index in [0.29, 0.717) is 65.8 Å². The quantitative estimate of drug-likeness (QED) is 0.235. The highest BCUT2D eigenvalue weighted by atomic mass is 19.2. The van der Waals surface area contributed by atoms with E-state index in [1.54, 1.807) is 12.1 Å². The number of halogens is 4. The molecule has 200 valence electrons. The van der Waals surface area contributed by atoms with Crippen LogP contribution in [0.2, 0.25) is 0 Å². The summed E-state index contributed by atoms with van der Waals surface area (Å²) < 4.78 is 60.6. The van der Waals surface area contributed by atoms with Crippen molar-refractivity contribution < 1.29 is 17.6 Å². The third kappa shape index (κ3) is 5.67. The predicted molar refractivity (Wildman–Crippen MR) is 142 cm³/mol. The van der Waals surface area contributed by atoms with E-state index in [-0.39, 0.29) is 11.1 Å². The number of fused-ring (bicyclic) bond motifs is 3. The van der Waals surface area contributed by atoms with Crippen LogP contribution in [0.15, 0.2) is 24.3 Å². The van der Waals surface area contributed by atoms with Crippen molar-refractivity contribution in [1.29, 1.82) is 0 Å². The van der Waals surface area contributed by atoms with E-state index in [2.05, 4.69) is 17.5 Å². The van der Waals surface area contributed by atoms with Crippen LogP contribution in [-0.2, 0) is 19.3 Å². The van der Waals surface area contributed by atoms with Crippen LogP contribution in [0, 0.1) is 35.1 Å². The van der Waals surface area contributed by atoms with Crippen molar-refractivity contribution in [3.8, 4) is 11.1 Å². The van der Waals surface area contributed by atoms with Gasteiger partial charge in [0.05, 0.1) is 0 Å². The largest absolute Gasteiger partial charge is 0.317 e. The van der Waals surface area contributed by atoms with Gasteiger partial charge in [-0.2, -0.15) is 0 Å². The van der Waals surface area contributed by atoms with Crippen molar-refractivity contribution in [3.63, 3.8) is 0 Å². The number of allylic oxidation sites excluding steroid dienone is 2. The minimum absolute atomic E-state index is 0.0917. The Morgan fingerprint density at radius 3 is 1.95 bits per heavy atom. The molecule has 0 atom stereocenters. The molecule has 0 amide bonds. The third-order valence-electron chi connectivity index (χ3n) is 9.07. The number of nitrogens with one attached hydrogen (secondary N) is 1. The molecule has 0 aromatic heterocycles. The standard InChI is InChI=1S/C32H39F4N/c1-37-26-15-12-21(13-16-26)11-14-23-18-25-19-24-17-22(10-6-5-9-20-7-3-2-4-8-20)29(33)31(35)27(24)28(25)32(36)30(23)34/h5,9,17-18,20-21,26,37H,2-4,6-8,10-16,19H2,1H3/b9-5+. The molecule has 0 saturated heterocycles. The van der Waals surface area contributed by atoms with Crippen LogP contribution >= 0.6 is 0 Å². The van der Waals surface area contributed by atoms with E-state index in [4.69, 9.17) is 0 Å². The highest BCUT2D eigenvalue weighted by Crippen LogP contribution is 2.44. The smallest absolute Gasteiger partial charge is 0.167 e. The molecule has 0 radical (unpaired) electrons. The second-order valence-electron chi connectivity index (χ2n) is 11.5.